The number of hydrazone groups is 2. The Kier molecular flexibility index (Phi) is 73.5. The zero-order valence-electron chi connectivity index (χ0n) is 59.7. The molecule has 0 aliphatic carbocycles. The van der Waals surface area contributed by atoms with Crippen LogP contribution in [0.5, 0.6) is 5.75 Å². The molecule has 49 heteroatoms. The average Bonchev–Trinajstić information content (AvgIpc) is 0.976. The van der Waals surface area contributed by atoms with Crippen LogP contribution in [-0.2, 0) is 105 Å². The predicted octanol–water partition coefficient (Wildman–Crippen LogP) is 3.49. The summed E-state index contributed by atoms with van der Waals surface area (Å²) >= 11 is 30.2. The summed E-state index contributed by atoms with van der Waals surface area (Å²) in [5.41, 5.74) is 6.01. The maximum atomic E-state index is 12.0. The van der Waals surface area contributed by atoms with Crippen LogP contribution in [-0.4, -0.2) is 205 Å². The Morgan fingerprint density at radius 1 is 0.587 bits per heavy atom. The van der Waals surface area contributed by atoms with E-state index in [-0.39, 0.29) is 111 Å². The van der Waals surface area contributed by atoms with E-state index in [2.05, 4.69) is 96.0 Å². The lowest BCUT2D eigenvalue weighted by molar-refractivity contribution is -0.193. The van der Waals surface area contributed by atoms with Crippen molar-refractivity contribution in [2.24, 2.45) is 44.1 Å². The Morgan fingerprint density at radius 2 is 0.913 bits per heavy atom. The molecule has 4 heterocycles. The smallest absolute Gasteiger partial charge is 0.374 e. The number of amides is 2. The summed E-state index contributed by atoms with van der Waals surface area (Å²) in [4.78, 5) is 180. The van der Waals surface area contributed by atoms with Crippen LogP contribution in [0.4, 0.5) is 5.95 Å². The summed E-state index contributed by atoms with van der Waals surface area (Å²) < 4.78 is 27.6. The number of esters is 3. The number of rotatable bonds is 17. The summed E-state index contributed by atoms with van der Waals surface area (Å²) in [6.07, 6.45) is 2.79. The number of aliphatic hydroxyl groups is 1. The number of nitrogens with zero attached hydrogens (tertiary/aromatic N) is 13. The zero-order valence-corrected chi connectivity index (χ0v) is 65.2. The van der Waals surface area contributed by atoms with Crippen LogP contribution in [0.1, 0.15) is 143 Å². The first-order valence-corrected chi connectivity index (χ1v) is 34.2. The van der Waals surface area contributed by atoms with Crippen LogP contribution in [0.3, 0.4) is 0 Å². The van der Waals surface area contributed by atoms with Crippen molar-refractivity contribution in [1.29, 1.82) is 0 Å². The largest absolute Gasteiger partial charge is 0.505 e. The standard InChI is InChI=1S/C10H18N2O3.C9H10ClN7O2.C7H7ClN2O3.C7H8N2O4.C7H14N2O2.C6H10O3.C3H5ClO.C2H6O.CH5N.3CO2.Cl3OP/c1-5-8(10(14)15-7-3)11-12(4)9(13)6-2;1-4-5(10)6(13-16(2)8(4)19)7(18)11-9-12-14-15-17(9)3;1-3-4(8)5(7(12)13)9-10(2)6(3)11;1-3-5(10)4(7(12)13)8-9(2)6(3)11;1-4-6(9-8-3)7(10)11-5-2;1-3-5(7)6(8)9-4-2;1-2-3(4)5;1-2-3;1-2;3*2-1-3;1-5(2,3)4/h5-7H2,1-4H3;1-3H3,(H,11,12,15,18);1-2H3,(H,12,13);10H,1-2H3,(H,12,13);8H,4-5H2,1-3H3;3-4H2,1-2H3;2H2,1H3;3H,2H2,1H3;2H2,1H3;;;;/b11-8+;;;;9-6+;;;;;;;;. The Bertz CT molecular complexity index is 3630. The molecule has 0 aliphatic rings. The third-order valence-corrected chi connectivity index (χ3v) is 10.9. The van der Waals surface area contributed by atoms with E-state index in [1.807, 2.05) is 6.92 Å². The molecule has 8 N–H and O–H groups in total. The number of carbonyl (C=O) groups excluding carboxylic acids is 13. The third kappa shape index (κ3) is 55.0. The van der Waals surface area contributed by atoms with E-state index in [0.717, 1.165) is 14.0 Å². The van der Waals surface area contributed by atoms with Gasteiger partial charge in [-0.25, -0.2) is 47.7 Å². The molecule has 0 spiro atoms. The lowest BCUT2D eigenvalue weighted by atomic mass is 10.2. The number of ketones is 1. The van der Waals surface area contributed by atoms with Crippen molar-refractivity contribution < 1.29 is 111 Å². The monoisotopic (exact) mass is 1620 g/mol. The van der Waals surface area contributed by atoms with Crippen LogP contribution in [0.25, 0.3) is 0 Å². The summed E-state index contributed by atoms with van der Waals surface area (Å²) in [5.74, 6) is -5.76. The van der Waals surface area contributed by atoms with Crippen molar-refractivity contribution >= 4 is 162 Å². The van der Waals surface area contributed by atoms with E-state index < -0.39 is 63.3 Å². The molecule has 4 aromatic heterocycles. The molecule has 0 bridgehead atoms. The molecule has 4 aromatic rings. The number of carbonyl (C=O) groups is 9. The van der Waals surface area contributed by atoms with Gasteiger partial charge >= 0.3 is 53.5 Å². The number of aliphatic hydroxyl groups excluding tert-OH is 1. The first-order chi connectivity index (χ1) is 48.3. The number of ether oxygens (including phenoxy) is 3. The predicted molar refractivity (Wildman–Crippen MR) is 372 cm³/mol. The van der Waals surface area contributed by atoms with Gasteiger partial charge in [-0.05, 0) is 124 Å². The molecule has 42 nitrogen and oxygen atoms in total. The second kappa shape index (κ2) is 67.8. The number of nitrogens with one attached hydrogen (secondary N) is 2. The van der Waals surface area contributed by atoms with E-state index >= 15 is 0 Å². The number of aryl methyl sites for hydroxylation is 4. The second-order valence-corrected chi connectivity index (χ2v) is 24.6. The van der Waals surface area contributed by atoms with Gasteiger partial charge < -0.3 is 45.8 Å². The fourth-order valence-corrected chi connectivity index (χ4v) is 5.51. The summed E-state index contributed by atoms with van der Waals surface area (Å²) in [5, 5.41) is 63.0. The van der Waals surface area contributed by atoms with Crippen LogP contribution in [0, 0.1) is 20.8 Å². The molecule has 586 valence electrons. The second-order valence-electron chi connectivity index (χ2n) is 16.8. The van der Waals surface area contributed by atoms with E-state index in [0.29, 0.717) is 44.6 Å². The molecule has 2 amide bonds. The van der Waals surface area contributed by atoms with Crippen molar-refractivity contribution in [1.82, 2.24) is 60.0 Å². The van der Waals surface area contributed by atoms with Gasteiger partial charge in [-0.1, -0.05) is 62.9 Å². The number of aromatic nitrogens is 10. The quantitative estimate of drug-likeness (QED) is 0.0151. The van der Waals surface area contributed by atoms with E-state index in [4.69, 9.17) is 88.4 Å². The summed E-state index contributed by atoms with van der Waals surface area (Å²) in [6, 6.07) is 0. The highest BCUT2D eigenvalue weighted by molar-refractivity contribution is 8.24. The molecule has 0 saturated carbocycles. The lowest BCUT2D eigenvalue weighted by Gasteiger charge is -2.11. The Balaban J connectivity index is -0.000000141. The summed E-state index contributed by atoms with van der Waals surface area (Å²) in [7, 11) is 10.4. The van der Waals surface area contributed by atoms with Gasteiger partial charge in [0.15, 0.2) is 17.1 Å². The number of nitrogens with two attached hydrogens (primary N) is 1. The third-order valence-electron chi connectivity index (χ3n) is 9.69. The number of carboxylic acids is 2. The number of hydrogen-bond donors (Lipinski definition) is 7. The normalized spacial score (nSPS) is 9.34. The highest BCUT2D eigenvalue weighted by atomic mass is 36.0. The minimum atomic E-state index is -3.22. The van der Waals surface area contributed by atoms with Crippen LogP contribution in [0.2, 0.25) is 10.0 Å². The van der Waals surface area contributed by atoms with Crippen molar-refractivity contribution in [3.8, 4) is 5.75 Å². The zero-order chi connectivity index (χ0) is 83.9. The van der Waals surface area contributed by atoms with Crippen molar-refractivity contribution in [2.45, 2.75) is 115 Å². The molecular weight excluding hydrogens is 1540 g/mol. The van der Waals surface area contributed by atoms with Crippen LogP contribution < -0.4 is 33.2 Å². The maximum absolute atomic E-state index is 12.0. The highest BCUT2D eigenvalue weighted by Crippen LogP contribution is 2.61. The number of aromatic carboxylic acids is 2. The number of halogens is 6. The molecular formula is C55H83Cl6N16O26P. The van der Waals surface area contributed by atoms with E-state index in [9.17, 15) is 67.2 Å². The average molecular weight is 1630 g/mol. The Morgan fingerprint density at radius 3 is 1.21 bits per heavy atom. The van der Waals surface area contributed by atoms with Gasteiger partial charge in [0.1, 0.15) is 11.4 Å². The lowest BCUT2D eigenvalue weighted by Crippen LogP contribution is -2.27. The number of aromatic hydroxyl groups is 1. The van der Waals surface area contributed by atoms with E-state index in [1.54, 1.807) is 69.5 Å². The van der Waals surface area contributed by atoms with Crippen molar-refractivity contribution in [2.75, 3.05) is 52.9 Å². The Labute approximate surface area is 623 Å². The number of tetrazole rings is 1. The molecule has 0 radical (unpaired) electrons. The van der Waals surface area contributed by atoms with Gasteiger partial charge in [-0.3, -0.25) is 43.4 Å². The number of Topliss-reactive ketones (excluding diaryl/α,β-unsaturated/α-hetero) is 1. The van der Waals surface area contributed by atoms with Gasteiger partial charge in [0.05, 0.1) is 35.4 Å². The maximum Gasteiger partial charge on any atom is 0.374 e. The minimum Gasteiger partial charge on any atom is -0.505 e. The fraction of sp³-hybridized carbons (Fsp3) is 0.509. The molecule has 0 saturated heterocycles. The van der Waals surface area contributed by atoms with Gasteiger partial charge in [-0.2, -0.15) is 54.3 Å². The van der Waals surface area contributed by atoms with Gasteiger partial charge in [0.25, 0.3) is 22.6 Å². The fourth-order valence-electron chi connectivity index (χ4n) is 5.10. The topological polar surface area (TPSA) is 608 Å². The molecule has 0 fully saturated rings. The first-order valence-electron chi connectivity index (χ1n) is 28.7. The number of carboxylic acid groups (broad SMARTS) is 2. The van der Waals surface area contributed by atoms with Gasteiger partial charge in [0.2, 0.25) is 28.6 Å². The van der Waals surface area contributed by atoms with Crippen molar-refractivity contribution in [3.63, 3.8) is 0 Å². The number of hydrogen-bond acceptors (Lipinski definition) is 34. The molecule has 4 rings (SSSR count). The molecule has 0 atom stereocenters. The summed E-state index contributed by atoms with van der Waals surface area (Å²) in [6.45, 7) is 21.1. The van der Waals surface area contributed by atoms with Crippen molar-refractivity contribution in [3.05, 3.63) is 74.9 Å². The van der Waals surface area contributed by atoms with Crippen LogP contribution >= 0.6 is 73.7 Å². The molecule has 0 unspecified atom stereocenters. The SMILES string of the molecule is CCC(=O)Cl.CCO.CCOC(=O)/C(CC)=N/N(C)C(=O)CC.CCOC(=O)/C(CC)=N/NC.CCOC(=O)C(=O)CC.CN.Cc1c(Cl)c(C(=O)Nc2nnnn2C)nn(C)c1=O.Cc1c(Cl)c(C(=O)O)nn(C)c1=O.Cc1c(O)c(C(=O)O)nn(C)c1=O.O=C=O.O=C=O.O=C=O.O=P(Cl)(Cl)Cl. The van der Waals surface area contributed by atoms with Crippen LogP contribution in [0.15, 0.2) is 24.6 Å². The van der Waals surface area contributed by atoms with Gasteiger partial charge in [-0.15, -0.1) is 0 Å². The van der Waals surface area contributed by atoms with E-state index in [1.165, 1.54) is 65.7 Å². The first kappa shape index (κ1) is 113. The molecule has 0 aromatic carbocycles. The Hall–Kier alpha value is -9.69. The number of anilines is 1. The van der Waals surface area contributed by atoms with Gasteiger partial charge in [0, 0.05) is 79.3 Å². The molecule has 104 heavy (non-hydrogen) atoms. The minimum absolute atomic E-state index is 0.00993. The highest BCUT2D eigenvalue weighted by Gasteiger charge is 2.21. The molecule has 0 aliphatic heterocycles.